The Morgan fingerprint density at radius 1 is 1.14 bits per heavy atom. The fourth-order valence-electron chi connectivity index (χ4n) is 6.75. The lowest BCUT2D eigenvalue weighted by molar-refractivity contribution is -0.227. The molecule has 3 aliphatic rings. The van der Waals surface area contributed by atoms with Gasteiger partial charge in [0.25, 0.3) is 11.8 Å². The van der Waals surface area contributed by atoms with Crippen LogP contribution in [-0.2, 0) is 18.0 Å². The van der Waals surface area contributed by atoms with Crippen molar-refractivity contribution < 1.29 is 32.3 Å². The van der Waals surface area contributed by atoms with E-state index in [0.29, 0.717) is 37.8 Å². The van der Waals surface area contributed by atoms with E-state index in [9.17, 15) is 27.6 Å². The molecule has 3 aliphatic heterocycles. The highest BCUT2D eigenvalue weighted by Crippen LogP contribution is 2.49. The Morgan fingerprint density at radius 3 is 2.50 bits per heavy atom. The molecule has 0 aliphatic carbocycles. The van der Waals surface area contributed by atoms with Crippen LogP contribution < -0.4 is 15.9 Å². The van der Waals surface area contributed by atoms with Crippen LogP contribution in [0, 0.1) is 17.5 Å². The predicted molar refractivity (Wildman–Crippen MR) is 153 cm³/mol. The number of carbonyl (C=O) groups excluding carboxylic acids is 2. The number of halogens is 3. The molecule has 1 spiro atoms. The molecule has 9 nitrogen and oxygen atoms in total. The molecule has 2 amide bonds. The second kappa shape index (κ2) is 11.4. The molecule has 4 heterocycles. The number of pyridine rings is 1. The zero-order chi connectivity index (χ0) is 31.3. The summed E-state index contributed by atoms with van der Waals surface area (Å²) in [5.74, 6) is -4.70. The van der Waals surface area contributed by atoms with Crippen molar-refractivity contribution in [3.8, 4) is 5.75 Å². The van der Waals surface area contributed by atoms with Crippen LogP contribution in [0.25, 0.3) is 0 Å². The van der Waals surface area contributed by atoms with Crippen LogP contribution in [0.15, 0.2) is 53.5 Å². The van der Waals surface area contributed by atoms with Gasteiger partial charge in [0.2, 0.25) is 5.43 Å². The molecular formula is C32H33F3N4O5. The predicted octanol–water partition coefficient (Wildman–Crippen LogP) is 4.48. The molecule has 0 saturated carbocycles. The Hall–Kier alpha value is -4.16. The van der Waals surface area contributed by atoms with E-state index in [1.54, 1.807) is 9.47 Å². The average molecular weight is 611 g/mol. The minimum Gasteiger partial charge on any atom is -0.483 e. The van der Waals surface area contributed by atoms with E-state index in [-0.39, 0.29) is 54.4 Å². The number of amides is 2. The zero-order valence-corrected chi connectivity index (χ0v) is 24.4. The van der Waals surface area contributed by atoms with Gasteiger partial charge in [-0.05, 0) is 38.2 Å². The lowest BCUT2D eigenvalue weighted by Gasteiger charge is -2.43. The van der Waals surface area contributed by atoms with Crippen molar-refractivity contribution in [2.75, 3.05) is 6.54 Å². The third-order valence-corrected chi connectivity index (χ3v) is 9.16. The van der Waals surface area contributed by atoms with Crippen molar-refractivity contribution in [1.29, 1.82) is 0 Å². The first-order valence-corrected chi connectivity index (χ1v) is 14.7. The second-order valence-corrected chi connectivity index (χ2v) is 11.8. The SMILES string of the molecule is CCC1C[C@]2(CC[C@H](C)N3C[C@H]2n2cc(C(N)=O)c(=O)c(OCc4ccccc4)c2C3=O)ON1Cc1c(F)cc(F)cc1F. The van der Waals surface area contributed by atoms with Gasteiger partial charge >= 0.3 is 0 Å². The molecule has 3 aromatic rings. The lowest BCUT2D eigenvalue weighted by atomic mass is 9.83. The fourth-order valence-corrected chi connectivity index (χ4v) is 6.75. The Balaban J connectivity index is 1.45. The van der Waals surface area contributed by atoms with Crippen LogP contribution in [0.1, 0.15) is 77.5 Å². The van der Waals surface area contributed by atoms with Gasteiger partial charge in [-0.25, -0.2) is 13.2 Å². The summed E-state index contributed by atoms with van der Waals surface area (Å²) in [5.41, 5.74) is 3.97. The molecule has 1 aromatic heterocycles. The van der Waals surface area contributed by atoms with Crippen molar-refractivity contribution in [2.24, 2.45) is 5.73 Å². The van der Waals surface area contributed by atoms with Gasteiger partial charge in [-0.3, -0.25) is 19.2 Å². The molecule has 1 unspecified atom stereocenters. The summed E-state index contributed by atoms with van der Waals surface area (Å²) in [6, 6.07) is 9.26. The van der Waals surface area contributed by atoms with Gasteiger partial charge in [0, 0.05) is 42.5 Å². The first-order chi connectivity index (χ1) is 21.0. The number of primary amides is 1. The van der Waals surface area contributed by atoms with E-state index >= 15 is 0 Å². The minimum absolute atomic E-state index is 0.00831. The standard InChI is InChI=1S/C32H33F3N4O5/c1-3-21-13-32(44-39(21)15-22-24(34)11-20(33)12-25(22)35)10-9-18(2)37-16-26(32)38-14-23(30(36)41)28(40)29(27(38)31(37)42)43-17-19-7-5-4-6-8-19/h4-8,11-12,14,18,21,26H,3,9-10,13,15-17H2,1-2H3,(H2,36,41)/t18-,21?,26+,32-/m0/s1. The third-order valence-electron chi connectivity index (χ3n) is 9.16. The number of benzene rings is 2. The number of ether oxygens (including phenoxy) is 1. The maximum absolute atomic E-state index is 14.7. The Kier molecular flexibility index (Phi) is 7.75. The number of nitrogens with zero attached hydrogens (tertiary/aromatic N) is 3. The number of hydroxylamine groups is 2. The van der Waals surface area contributed by atoms with E-state index in [0.717, 1.165) is 5.56 Å². The first kappa shape index (κ1) is 29.9. The van der Waals surface area contributed by atoms with Crippen molar-refractivity contribution in [2.45, 2.75) is 76.4 Å². The highest BCUT2D eigenvalue weighted by atomic mass is 19.1. The maximum Gasteiger partial charge on any atom is 0.274 e. The van der Waals surface area contributed by atoms with E-state index < -0.39 is 46.3 Å². The normalized spacial score (nSPS) is 24.8. The molecule has 2 bridgehead atoms. The summed E-state index contributed by atoms with van der Waals surface area (Å²) in [7, 11) is 0. The van der Waals surface area contributed by atoms with Crippen LogP contribution in [0.3, 0.4) is 0 Å². The molecule has 2 N–H and O–H groups in total. The highest BCUT2D eigenvalue weighted by molar-refractivity contribution is 5.99. The Labute approximate surface area is 251 Å². The fraction of sp³-hybridized carbons (Fsp3) is 0.406. The van der Waals surface area contributed by atoms with E-state index in [1.165, 1.54) is 11.3 Å². The van der Waals surface area contributed by atoms with Gasteiger partial charge in [-0.15, -0.1) is 0 Å². The second-order valence-electron chi connectivity index (χ2n) is 11.8. The summed E-state index contributed by atoms with van der Waals surface area (Å²) >= 11 is 0. The summed E-state index contributed by atoms with van der Waals surface area (Å²) in [6.07, 6.45) is 3.34. The molecule has 44 heavy (non-hydrogen) atoms. The van der Waals surface area contributed by atoms with Crippen LogP contribution in [-0.4, -0.2) is 50.6 Å². The van der Waals surface area contributed by atoms with Gasteiger partial charge in [0.1, 0.15) is 35.2 Å². The molecule has 6 rings (SSSR count). The largest absolute Gasteiger partial charge is 0.483 e. The van der Waals surface area contributed by atoms with Gasteiger partial charge in [-0.2, -0.15) is 5.06 Å². The minimum atomic E-state index is -1.01. The molecule has 2 fully saturated rings. The summed E-state index contributed by atoms with van der Waals surface area (Å²) in [6.45, 7) is 3.76. The zero-order valence-electron chi connectivity index (χ0n) is 24.4. The van der Waals surface area contributed by atoms with Crippen LogP contribution in [0.4, 0.5) is 13.2 Å². The number of hydrogen-bond donors (Lipinski definition) is 1. The molecular weight excluding hydrogens is 577 g/mol. The average Bonchev–Trinajstić information content (AvgIpc) is 3.30. The molecule has 232 valence electrons. The van der Waals surface area contributed by atoms with Crippen molar-refractivity contribution in [3.63, 3.8) is 0 Å². The molecule has 12 heteroatoms. The smallest absolute Gasteiger partial charge is 0.274 e. The van der Waals surface area contributed by atoms with Crippen LogP contribution in [0.5, 0.6) is 5.75 Å². The number of carbonyl (C=O) groups is 2. The number of hydrogen-bond acceptors (Lipinski definition) is 6. The quantitative estimate of drug-likeness (QED) is 0.423. The Morgan fingerprint density at radius 2 is 1.84 bits per heavy atom. The van der Waals surface area contributed by atoms with Crippen LogP contribution >= 0.6 is 0 Å². The summed E-state index contributed by atoms with van der Waals surface area (Å²) < 4.78 is 50.6. The monoisotopic (exact) mass is 610 g/mol. The number of fused-ring (bicyclic) bond motifs is 5. The highest BCUT2D eigenvalue weighted by Gasteiger charge is 2.56. The molecule has 2 saturated heterocycles. The molecule has 2 aromatic carbocycles. The van der Waals surface area contributed by atoms with E-state index in [1.807, 2.05) is 44.2 Å². The summed E-state index contributed by atoms with van der Waals surface area (Å²) in [5, 5.41) is 1.53. The van der Waals surface area contributed by atoms with Gasteiger partial charge in [0.05, 0.1) is 12.6 Å². The van der Waals surface area contributed by atoms with E-state index in [4.69, 9.17) is 15.3 Å². The number of rotatable bonds is 7. The van der Waals surface area contributed by atoms with Gasteiger partial charge < -0.3 is 19.9 Å². The third kappa shape index (κ3) is 5.05. The molecule has 0 radical (unpaired) electrons. The summed E-state index contributed by atoms with van der Waals surface area (Å²) in [4.78, 5) is 48.4. The van der Waals surface area contributed by atoms with Gasteiger partial charge in [-0.1, -0.05) is 37.3 Å². The molecule has 4 atom stereocenters. The Bertz CT molecular complexity index is 1660. The first-order valence-electron chi connectivity index (χ1n) is 14.7. The van der Waals surface area contributed by atoms with Crippen molar-refractivity contribution >= 4 is 11.8 Å². The lowest BCUT2D eigenvalue weighted by Crippen LogP contribution is -2.52. The number of aromatic nitrogens is 1. The maximum atomic E-state index is 14.7. The number of nitrogens with two attached hydrogens (primary N) is 1. The topological polar surface area (TPSA) is 107 Å². The van der Waals surface area contributed by atoms with Gasteiger partial charge in [0.15, 0.2) is 11.4 Å². The van der Waals surface area contributed by atoms with Crippen LogP contribution in [0.2, 0.25) is 0 Å². The van der Waals surface area contributed by atoms with Crippen molar-refractivity contribution in [1.82, 2.24) is 14.5 Å². The van der Waals surface area contributed by atoms with Crippen molar-refractivity contribution in [3.05, 3.63) is 98.7 Å². The van der Waals surface area contributed by atoms with E-state index in [2.05, 4.69) is 0 Å².